The van der Waals surface area contributed by atoms with E-state index in [0.717, 1.165) is 6.07 Å². The van der Waals surface area contributed by atoms with E-state index >= 15 is 0 Å². The summed E-state index contributed by atoms with van der Waals surface area (Å²) in [5.74, 6) is -5.13. The van der Waals surface area contributed by atoms with E-state index in [0.29, 0.717) is 11.3 Å². The van der Waals surface area contributed by atoms with Gasteiger partial charge in [0.2, 0.25) is 5.91 Å². The molecule has 0 heterocycles. The number of hydrogen-bond donors (Lipinski definition) is 5. The number of carboxylic acid groups (broad SMARTS) is 3. The lowest BCUT2D eigenvalue weighted by atomic mass is 10.1. The highest BCUT2D eigenvalue weighted by molar-refractivity contribution is 5.91. The van der Waals surface area contributed by atoms with Crippen molar-refractivity contribution in [1.82, 2.24) is 5.32 Å². The van der Waals surface area contributed by atoms with Gasteiger partial charge in [0.1, 0.15) is 17.4 Å². The van der Waals surface area contributed by atoms with E-state index in [1.54, 1.807) is 12.1 Å². The molecule has 0 radical (unpaired) electrons. The lowest BCUT2D eigenvalue weighted by molar-refractivity contribution is -0.147. The molecule has 156 valence electrons. The summed E-state index contributed by atoms with van der Waals surface area (Å²) in [6, 6.07) is 8.40. The predicted octanol–water partition coefficient (Wildman–Crippen LogP) is 2.09. The van der Waals surface area contributed by atoms with Crippen molar-refractivity contribution < 1.29 is 39.6 Å². The van der Waals surface area contributed by atoms with Crippen LogP contribution in [-0.2, 0) is 20.8 Å². The van der Waals surface area contributed by atoms with Gasteiger partial charge in [0.15, 0.2) is 0 Å². The zero-order valence-corrected chi connectivity index (χ0v) is 15.3. The number of rotatable bonds is 9. The van der Waals surface area contributed by atoms with Gasteiger partial charge in [-0.2, -0.15) is 10.2 Å². The second kappa shape index (κ2) is 9.78. The molecule has 30 heavy (non-hydrogen) atoms. The maximum Gasteiger partial charge on any atom is 0.339 e. The van der Waals surface area contributed by atoms with E-state index in [4.69, 9.17) is 15.3 Å². The number of phenols is 1. The average Bonchev–Trinajstić information content (AvgIpc) is 2.67. The van der Waals surface area contributed by atoms with E-state index in [1.807, 2.05) is 0 Å². The van der Waals surface area contributed by atoms with Gasteiger partial charge in [0.25, 0.3) is 0 Å². The fourth-order valence-electron chi connectivity index (χ4n) is 2.36. The third-order valence-electron chi connectivity index (χ3n) is 3.80. The molecule has 1 atom stereocenters. The van der Waals surface area contributed by atoms with E-state index in [-0.39, 0.29) is 17.7 Å². The summed E-state index contributed by atoms with van der Waals surface area (Å²) in [6.07, 6.45) is -0.901. The fraction of sp³-hybridized carbons (Fsp3) is 0.158. The molecule has 0 aromatic heterocycles. The summed E-state index contributed by atoms with van der Waals surface area (Å²) in [7, 11) is 0. The van der Waals surface area contributed by atoms with Crippen molar-refractivity contribution in [3.8, 4) is 5.75 Å². The fourth-order valence-corrected chi connectivity index (χ4v) is 2.36. The summed E-state index contributed by atoms with van der Waals surface area (Å²) < 4.78 is 0. The largest absolute Gasteiger partial charge is 0.507 e. The Morgan fingerprint density at radius 2 is 1.50 bits per heavy atom. The number of aromatic hydroxyl groups is 1. The monoisotopic (exact) mass is 415 g/mol. The lowest BCUT2D eigenvalue weighted by Crippen LogP contribution is -2.42. The first-order valence-electron chi connectivity index (χ1n) is 8.46. The van der Waals surface area contributed by atoms with Crippen molar-refractivity contribution >= 4 is 35.2 Å². The zero-order valence-electron chi connectivity index (χ0n) is 15.3. The molecule has 0 bridgehead atoms. The van der Waals surface area contributed by atoms with Gasteiger partial charge in [0.05, 0.1) is 24.2 Å². The number of nitrogens with zero attached hydrogens (tertiary/aromatic N) is 2. The third kappa shape index (κ3) is 6.41. The second-order valence-electron chi connectivity index (χ2n) is 6.11. The predicted molar refractivity (Wildman–Crippen MR) is 101 cm³/mol. The third-order valence-corrected chi connectivity index (χ3v) is 3.80. The molecular weight excluding hydrogens is 398 g/mol. The Kier molecular flexibility index (Phi) is 7.17. The molecule has 0 saturated carbocycles. The summed E-state index contributed by atoms with van der Waals surface area (Å²) in [5.41, 5.74) is 0.837. The first-order chi connectivity index (χ1) is 14.2. The van der Waals surface area contributed by atoms with Crippen LogP contribution in [0.3, 0.4) is 0 Å². The molecule has 2 aromatic rings. The number of aliphatic carboxylic acids is 2. The van der Waals surface area contributed by atoms with Gasteiger partial charge < -0.3 is 25.7 Å². The SMILES string of the molecule is O=C(O)CC(NC(=O)Cc1ccc(/N=N/c2ccc(O)c(C(=O)O)c2)cc1)C(=O)O. The highest BCUT2D eigenvalue weighted by atomic mass is 16.4. The van der Waals surface area contributed by atoms with E-state index in [1.165, 1.54) is 24.3 Å². The van der Waals surface area contributed by atoms with E-state index < -0.39 is 42.0 Å². The molecule has 2 rings (SSSR count). The van der Waals surface area contributed by atoms with Gasteiger partial charge in [0, 0.05) is 0 Å². The van der Waals surface area contributed by atoms with Crippen LogP contribution in [0.2, 0.25) is 0 Å². The van der Waals surface area contributed by atoms with Crippen LogP contribution in [-0.4, -0.2) is 50.3 Å². The van der Waals surface area contributed by atoms with Crippen molar-refractivity contribution in [3.05, 3.63) is 53.6 Å². The average molecular weight is 415 g/mol. The minimum Gasteiger partial charge on any atom is -0.507 e. The molecule has 11 nitrogen and oxygen atoms in total. The molecule has 0 aliphatic rings. The number of amides is 1. The summed E-state index contributed by atoms with van der Waals surface area (Å²) in [4.78, 5) is 44.6. The molecule has 11 heteroatoms. The number of carbonyl (C=O) groups is 4. The molecule has 0 aliphatic heterocycles. The van der Waals surface area contributed by atoms with Crippen LogP contribution in [0.5, 0.6) is 5.75 Å². The molecular formula is C19H17N3O8. The van der Waals surface area contributed by atoms with Gasteiger partial charge >= 0.3 is 17.9 Å². The Hall–Kier alpha value is -4.28. The molecule has 0 spiro atoms. The molecule has 1 unspecified atom stereocenters. The van der Waals surface area contributed by atoms with Crippen LogP contribution < -0.4 is 5.32 Å². The Morgan fingerprint density at radius 1 is 0.900 bits per heavy atom. The van der Waals surface area contributed by atoms with Crippen LogP contribution in [0, 0.1) is 0 Å². The van der Waals surface area contributed by atoms with Crippen molar-refractivity contribution in [2.45, 2.75) is 18.9 Å². The number of nitrogens with one attached hydrogen (secondary N) is 1. The first kappa shape index (κ1) is 22.0. The van der Waals surface area contributed by atoms with Gasteiger partial charge in [-0.25, -0.2) is 9.59 Å². The number of azo groups is 1. The summed E-state index contributed by atoms with van der Waals surface area (Å²) in [6.45, 7) is 0. The Labute approximate surface area is 169 Å². The van der Waals surface area contributed by atoms with Crippen LogP contribution in [0.4, 0.5) is 11.4 Å². The van der Waals surface area contributed by atoms with Gasteiger partial charge in [-0.1, -0.05) is 12.1 Å². The Bertz CT molecular complexity index is 1000. The molecule has 1 amide bonds. The van der Waals surface area contributed by atoms with Crippen LogP contribution in [0.25, 0.3) is 0 Å². The van der Waals surface area contributed by atoms with Crippen LogP contribution in [0.15, 0.2) is 52.7 Å². The minimum atomic E-state index is -1.52. The van der Waals surface area contributed by atoms with E-state index in [9.17, 15) is 24.3 Å². The van der Waals surface area contributed by atoms with Crippen LogP contribution >= 0.6 is 0 Å². The van der Waals surface area contributed by atoms with E-state index in [2.05, 4.69) is 15.5 Å². The lowest BCUT2D eigenvalue weighted by Gasteiger charge is -2.12. The smallest absolute Gasteiger partial charge is 0.339 e. The Balaban J connectivity index is 2.01. The van der Waals surface area contributed by atoms with Crippen LogP contribution in [0.1, 0.15) is 22.3 Å². The maximum atomic E-state index is 11.9. The Morgan fingerprint density at radius 3 is 2.07 bits per heavy atom. The molecule has 0 aliphatic carbocycles. The van der Waals surface area contributed by atoms with Gasteiger partial charge in [-0.3, -0.25) is 9.59 Å². The number of aromatic carboxylic acids is 1. The van der Waals surface area contributed by atoms with Gasteiger partial charge in [-0.15, -0.1) is 0 Å². The highest BCUT2D eigenvalue weighted by Gasteiger charge is 2.22. The maximum absolute atomic E-state index is 11.9. The minimum absolute atomic E-state index is 0.166. The standard InChI is InChI=1S/C19H17N3O8/c23-15-6-5-12(8-13(15)18(27)28)22-21-11-3-1-10(2-4-11)7-16(24)20-14(19(29)30)9-17(25)26/h1-6,8,14,23H,7,9H2,(H,20,24)(H,25,26)(H,27,28)(H,29,30)/b22-21+. The summed E-state index contributed by atoms with van der Waals surface area (Å²) in [5, 5.41) is 46.0. The zero-order chi connectivity index (χ0) is 22.3. The van der Waals surface area contributed by atoms with Gasteiger partial charge in [-0.05, 0) is 35.9 Å². The normalized spacial score (nSPS) is 11.7. The number of carbonyl (C=O) groups excluding carboxylic acids is 1. The van der Waals surface area contributed by atoms with Crippen molar-refractivity contribution in [1.29, 1.82) is 0 Å². The molecule has 2 aromatic carbocycles. The van der Waals surface area contributed by atoms with Crippen molar-refractivity contribution in [2.24, 2.45) is 10.2 Å². The summed E-state index contributed by atoms with van der Waals surface area (Å²) >= 11 is 0. The topological polar surface area (TPSA) is 186 Å². The number of benzene rings is 2. The highest BCUT2D eigenvalue weighted by Crippen LogP contribution is 2.25. The van der Waals surface area contributed by atoms with Crippen molar-refractivity contribution in [3.63, 3.8) is 0 Å². The first-order valence-corrected chi connectivity index (χ1v) is 8.46. The second-order valence-corrected chi connectivity index (χ2v) is 6.11. The molecule has 0 fully saturated rings. The van der Waals surface area contributed by atoms with Crippen molar-refractivity contribution in [2.75, 3.05) is 0 Å². The molecule has 5 N–H and O–H groups in total. The number of hydrogen-bond acceptors (Lipinski definition) is 7. The number of carboxylic acids is 3. The molecule has 0 saturated heterocycles. The quantitative estimate of drug-likeness (QED) is 0.385.